The number of benzene rings is 1. The van der Waals surface area contributed by atoms with E-state index >= 15 is 0 Å². The number of nitrogens with one attached hydrogen (secondary N) is 1. The van der Waals surface area contributed by atoms with E-state index in [9.17, 15) is 9.59 Å². The summed E-state index contributed by atoms with van der Waals surface area (Å²) >= 11 is 0. The number of carbonyl (C=O) groups is 2. The van der Waals surface area contributed by atoms with Crippen LogP contribution in [-0.2, 0) is 16.1 Å². The number of hydrogen-bond donors (Lipinski definition) is 1. The molecular weight excluding hydrogens is 266 g/mol. The molecule has 0 aliphatic rings. The molecule has 0 saturated carbocycles. The van der Waals surface area contributed by atoms with Crippen LogP contribution in [0.15, 0.2) is 30.3 Å². The summed E-state index contributed by atoms with van der Waals surface area (Å²) in [6.07, 6.45) is 0.264. The average Bonchev–Trinajstić information content (AvgIpc) is 2.44. The minimum Gasteiger partial charge on any atom is -0.445 e. The van der Waals surface area contributed by atoms with Crippen molar-refractivity contribution in [3.8, 4) is 0 Å². The Bertz CT molecular complexity index is 456. The van der Waals surface area contributed by atoms with Crippen LogP contribution in [0.1, 0.15) is 39.7 Å². The molecule has 2 unspecified atom stereocenters. The summed E-state index contributed by atoms with van der Waals surface area (Å²) in [5.41, 5.74) is 0.916. The van der Waals surface area contributed by atoms with Gasteiger partial charge in [-0.1, -0.05) is 51.1 Å². The van der Waals surface area contributed by atoms with E-state index in [-0.39, 0.29) is 18.3 Å². The second-order valence-corrected chi connectivity index (χ2v) is 5.86. The molecule has 0 spiro atoms. The molecule has 0 radical (unpaired) electrons. The van der Waals surface area contributed by atoms with Gasteiger partial charge >= 0.3 is 6.09 Å². The van der Waals surface area contributed by atoms with E-state index in [2.05, 4.69) is 19.2 Å². The number of ketones is 1. The SMILES string of the molecule is CC(C)CC(C)C(=O)C(C)NC(=O)OCc1ccccc1. The van der Waals surface area contributed by atoms with Crippen LogP contribution >= 0.6 is 0 Å². The Morgan fingerprint density at radius 1 is 1.10 bits per heavy atom. The smallest absolute Gasteiger partial charge is 0.408 e. The van der Waals surface area contributed by atoms with Crippen molar-refractivity contribution in [2.75, 3.05) is 0 Å². The van der Waals surface area contributed by atoms with Gasteiger partial charge in [0.05, 0.1) is 6.04 Å². The molecule has 1 aromatic carbocycles. The lowest BCUT2D eigenvalue weighted by Gasteiger charge is -2.18. The summed E-state index contributed by atoms with van der Waals surface area (Å²) in [5, 5.41) is 2.59. The van der Waals surface area contributed by atoms with Gasteiger partial charge in [0.25, 0.3) is 0 Å². The van der Waals surface area contributed by atoms with Crippen LogP contribution in [0, 0.1) is 11.8 Å². The van der Waals surface area contributed by atoms with Gasteiger partial charge in [-0.05, 0) is 24.8 Å². The monoisotopic (exact) mass is 291 g/mol. The van der Waals surface area contributed by atoms with Crippen LogP contribution in [0.4, 0.5) is 4.79 Å². The molecule has 1 rings (SSSR count). The van der Waals surface area contributed by atoms with Crippen molar-refractivity contribution in [1.29, 1.82) is 0 Å². The number of hydrogen-bond acceptors (Lipinski definition) is 3. The molecule has 21 heavy (non-hydrogen) atoms. The molecule has 2 atom stereocenters. The van der Waals surface area contributed by atoms with Crippen LogP contribution in [0.2, 0.25) is 0 Å². The second-order valence-electron chi connectivity index (χ2n) is 5.86. The van der Waals surface area contributed by atoms with Crippen LogP contribution in [-0.4, -0.2) is 17.9 Å². The molecule has 1 aromatic rings. The zero-order valence-electron chi connectivity index (χ0n) is 13.3. The van der Waals surface area contributed by atoms with E-state index in [1.807, 2.05) is 37.3 Å². The van der Waals surface area contributed by atoms with Crippen LogP contribution in [0.25, 0.3) is 0 Å². The first-order valence-corrected chi connectivity index (χ1v) is 7.41. The van der Waals surface area contributed by atoms with E-state index in [0.29, 0.717) is 5.92 Å². The number of alkyl carbamates (subject to hydrolysis) is 1. The van der Waals surface area contributed by atoms with Crippen molar-refractivity contribution in [2.45, 2.75) is 46.8 Å². The van der Waals surface area contributed by atoms with Gasteiger partial charge in [0.1, 0.15) is 6.61 Å². The first-order valence-electron chi connectivity index (χ1n) is 7.41. The molecule has 0 aliphatic heterocycles. The molecule has 0 aliphatic carbocycles. The number of Topliss-reactive ketones (excluding diaryl/α,β-unsaturated/α-hetero) is 1. The number of rotatable bonds is 7. The molecule has 0 aromatic heterocycles. The van der Waals surface area contributed by atoms with Gasteiger partial charge < -0.3 is 10.1 Å². The Labute approximate surface area is 126 Å². The van der Waals surface area contributed by atoms with Crippen molar-refractivity contribution in [3.63, 3.8) is 0 Å². The topological polar surface area (TPSA) is 55.4 Å². The standard InChI is InChI=1S/C17H25NO3/c1-12(2)10-13(3)16(19)14(4)18-17(20)21-11-15-8-6-5-7-9-15/h5-9,12-14H,10-11H2,1-4H3,(H,18,20). The quantitative estimate of drug-likeness (QED) is 0.835. The number of carbonyl (C=O) groups excluding carboxylic acids is 2. The molecular formula is C17H25NO3. The lowest BCUT2D eigenvalue weighted by molar-refractivity contribution is -0.124. The maximum absolute atomic E-state index is 12.1. The summed E-state index contributed by atoms with van der Waals surface area (Å²) in [7, 11) is 0. The third-order valence-electron chi connectivity index (χ3n) is 3.28. The van der Waals surface area contributed by atoms with E-state index in [4.69, 9.17) is 4.74 Å². The predicted molar refractivity (Wildman–Crippen MR) is 82.9 cm³/mol. The lowest BCUT2D eigenvalue weighted by Crippen LogP contribution is -2.41. The largest absolute Gasteiger partial charge is 0.445 e. The molecule has 0 fully saturated rings. The maximum Gasteiger partial charge on any atom is 0.408 e. The molecule has 0 heterocycles. The van der Waals surface area contributed by atoms with Crippen molar-refractivity contribution in [3.05, 3.63) is 35.9 Å². The molecule has 1 amide bonds. The fourth-order valence-corrected chi connectivity index (χ4v) is 2.26. The van der Waals surface area contributed by atoms with Crippen LogP contribution < -0.4 is 5.32 Å². The fourth-order valence-electron chi connectivity index (χ4n) is 2.26. The van der Waals surface area contributed by atoms with Gasteiger partial charge in [0.2, 0.25) is 0 Å². The molecule has 4 nitrogen and oxygen atoms in total. The highest BCUT2D eigenvalue weighted by Crippen LogP contribution is 2.13. The minimum atomic E-state index is -0.559. The Morgan fingerprint density at radius 3 is 2.29 bits per heavy atom. The van der Waals surface area contributed by atoms with Gasteiger partial charge in [-0.15, -0.1) is 0 Å². The minimum absolute atomic E-state index is 0.0420. The summed E-state index contributed by atoms with van der Waals surface area (Å²) in [6, 6.07) is 8.91. The number of ether oxygens (including phenoxy) is 1. The first-order chi connectivity index (χ1) is 9.90. The summed E-state index contributed by atoms with van der Waals surface area (Å²) < 4.78 is 5.11. The Morgan fingerprint density at radius 2 is 1.71 bits per heavy atom. The summed E-state index contributed by atoms with van der Waals surface area (Å²) in [5.74, 6) is 0.441. The zero-order chi connectivity index (χ0) is 15.8. The highest BCUT2D eigenvalue weighted by atomic mass is 16.5. The molecule has 1 N–H and O–H groups in total. The highest BCUT2D eigenvalue weighted by molar-refractivity contribution is 5.88. The highest BCUT2D eigenvalue weighted by Gasteiger charge is 2.22. The normalized spacial score (nSPS) is 13.6. The van der Waals surface area contributed by atoms with E-state index in [0.717, 1.165) is 12.0 Å². The van der Waals surface area contributed by atoms with Gasteiger partial charge in [0, 0.05) is 5.92 Å². The van der Waals surface area contributed by atoms with Gasteiger partial charge in [-0.2, -0.15) is 0 Å². The van der Waals surface area contributed by atoms with Gasteiger partial charge in [-0.3, -0.25) is 4.79 Å². The van der Waals surface area contributed by atoms with Crippen LogP contribution in [0.5, 0.6) is 0 Å². The second kappa shape index (κ2) is 8.45. The van der Waals surface area contributed by atoms with Crippen molar-refractivity contribution < 1.29 is 14.3 Å². The summed E-state index contributed by atoms with van der Waals surface area (Å²) in [4.78, 5) is 23.8. The molecule has 116 valence electrons. The third-order valence-corrected chi connectivity index (χ3v) is 3.28. The maximum atomic E-state index is 12.1. The molecule has 0 bridgehead atoms. The van der Waals surface area contributed by atoms with Gasteiger partial charge in [-0.25, -0.2) is 4.79 Å². The Balaban J connectivity index is 2.38. The molecule has 4 heteroatoms. The first kappa shape index (κ1) is 17.2. The van der Waals surface area contributed by atoms with Crippen molar-refractivity contribution in [2.24, 2.45) is 11.8 Å². The average molecular weight is 291 g/mol. The molecule has 0 saturated heterocycles. The van der Waals surface area contributed by atoms with Crippen LogP contribution in [0.3, 0.4) is 0 Å². The summed E-state index contributed by atoms with van der Waals surface area (Å²) in [6.45, 7) is 7.96. The lowest BCUT2D eigenvalue weighted by atomic mass is 9.92. The Kier molecular flexibility index (Phi) is 6.92. The number of amides is 1. The third kappa shape index (κ3) is 6.43. The van der Waals surface area contributed by atoms with Crippen molar-refractivity contribution in [1.82, 2.24) is 5.32 Å². The van der Waals surface area contributed by atoms with Crippen molar-refractivity contribution >= 4 is 11.9 Å². The fraction of sp³-hybridized carbons (Fsp3) is 0.529. The zero-order valence-corrected chi connectivity index (χ0v) is 13.3. The van der Waals surface area contributed by atoms with Gasteiger partial charge in [0.15, 0.2) is 5.78 Å². The Hall–Kier alpha value is -1.84. The van der Waals surface area contributed by atoms with E-state index < -0.39 is 12.1 Å². The van der Waals surface area contributed by atoms with E-state index in [1.54, 1.807) is 6.92 Å². The predicted octanol–water partition coefficient (Wildman–Crippen LogP) is 3.55. The van der Waals surface area contributed by atoms with E-state index in [1.165, 1.54) is 0 Å².